The number of aliphatic hydroxyl groups is 1. The van der Waals surface area contributed by atoms with E-state index in [-0.39, 0.29) is 5.41 Å². The average Bonchev–Trinajstić information content (AvgIpc) is 2.17. The van der Waals surface area contributed by atoms with Gasteiger partial charge in [-0.25, -0.2) is 0 Å². The van der Waals surface area contributed by atoms with Crippen molar-refractivity contribution in [3.63, 3.8) is 0 Å². The molecule has 0 saturated carbocycles. The molecule has 0 aromatic rings. The van der Waals surface area contributed by atoms with E-state index in [1.54, 1.807) is 0 Å². The van der Waals surface area contributed by atoms with Crippen LogP contribution in [0.1, 0.15) is 26.2 Å². The van der Waals surface area contributed by atoms with E-state index in [2.05, 4.69) is 17.7 Å². The fourth-order valence-electron chi connectivity index (χ4n) is 1.70. The van der Waals surface area contributed by atoms with E-state index < -0.39 is 0 Å². The SMILES string of the molecule is C#CCCN1CCC(C)(CO)CC1. The summed E-state index contributed by atoms with van der Waals surface area (Å²) in [4.78, 5) is 2.39. The molecular weight excluding hydrogens is 162 g/mol. The van der Waals surface area contributed by atoms with Gasteiger partial charge in [0.05, 0.1) is 0 Å². The predicted molar refractivity (Wildman–Crippen MR) is 54.3 cm³/mol. The lowest BCUT2D eigenvalue weighted by Crippen LogP contribution is -2.40. The van der Waals surface area contributed by atoms with Gasteiger partial charge in [-0.15, -0.1) is 12.3 Å². The summed E-state index contributed by atoms with van der Waals surface area (Å²) >= 11 is 0. The first-order chi connectivity index (χ1) is 6.20. The third kappa shape index (κ3) is 3.02. The number of aliphatic hydroxyl groups excluding tert-OH is 1. The Kier molecular flexibility index (Phi) is 3.77. The Balaban J connectivity index is 2.27. The van der Waals surface area contributed by atoms with Crippen molar-refractivity contribution in [2.45, 2.75) is 26.2 Å². The van der Waals surface area contributed by atoms with Gasteiger partial charge in [0.15, 0.2) is 0 Å². The van der Waals surface area contributed by atoms with Crippen LogP contribution in [0.5, 0.6) is 0 Å². The summed E-state index contributed by atoms with van der Waals surface area (Å²) < 4.78 is 0. The molecule has 2 nitrogen and oxygen atoms in total. The van der Waals surface area contributed by atoms with Crippen LogP contribution in [0, 0.1) is 17.8 Å². The standard InChI is InChI=1S/C11H19NO/c1-3-4-7-12-8-5-11(2,10-13)6-9-12/h1,13H,4-10H2,2H3. The molecule has 0 aromatic carbocycles. The molecule has 1 saturated heterocycles. The molecule has 0 aliphatic carbocycles. The molecule has 2 heteroatoms. The first-order valence-corrected chi connectivity index (χ1v) is 4.97. The largest absolute Gasteiger partial charge is 0.396 e. The number of hydrogen-bond donors (Lipinski definition) is 1. The summed E-state index contributed by atoms with van der Waals surface area (Å²) in [6.45, 7) is 5.65. The number of terminal acetylenes is 1. The van der Waals surface area contributed by atoms with Gasteiger partial charge in [-0.05, 0) is 31.3 Å². The lowest BCUT2D eigenvalue weighted by molar-refractivity contribution is 0.0597. The van der Waals surface area contributed by atoms with Crippen molar-refractivity contribution in [2.75, 3.05) is 26.2 Å². The maximum absolute atomic E-state index is 9.16. The molecule has 1 rings (SSSR count). The van der Waals surface area contributed by atoms with Crippen LogP contribution >= 0.6 is 0 Å². The highest BCUT2D eigenvalue weighted by atomic mass is 16.3. The van der Waals surface area contributed by atoms with Crippen LogP contribution in [0.15, 0.2) is 0 Å². The molecule has 0 aromatic heterocycles. The van der Waals surface area contributed by atoms with Crippen molar-refractivity contribution >= 4 is 0 Å². The quantitative estimate of drug-likeness (QED) is 0.659. The van der Waals surface area contributed by atoms with Crippen molar-refractivity contribution in [3.05, 3.63) is 0 Å². The molecule has 0 radical (unpaired) electrons. The molecule has 0 spiro atoms. The van der Waals surface area contributed by atoms with E-state index in [0.29, 0.717) is 6.61 Å². The second-order valence-corrected chi connectivity index (χ2v) is 4.26. The number of rotatable bonds is 3. The zero-order valence-corrected chi connectivity index (χ0v) is 8.42. The highest BCUT2D eigenvalue weighted by Crippen LogP contribution is 2.29. The smallest absolute Gasteiger partial charge is 0.0485 e. The van der Waals surface area contributed by atoms with E-state index in [0.717, 1.165) is 38.9 Å². The van der Waals surface area contributed by atoms with Crippen LogP contribution in [-0.4, -0.2) is 36.2 Å². The number of hydrogen-bond acceptors (Lipinski definition) is 2. The van der Waals surface area contributed by atoms with Crippen LogP contribution in [0.4, 0.5) is 0 Å². The van der Waals surface area contributed by atoms with E-state index in [1.165, 1.54) is 0 Å². The molecule has 0 unspecified atom stereocenters. The lowest BCUT2D eigenvalue weighted by atomic mass is 9.81. The summed E-state index contributed by atoms with van der Waals surface area (Å²) in [5.74, 6) is 2.66. The molecule has 74 valence electrons. The second kappa shape index (κ2) is 4.64. The summed E-state index contributed by atoms with van der Waals surface area (Å²) in [5.41, 5.74) is 0.159. The Bertz CT molecular complexity index is 187. The maximum atomic E-state index is 9.16. The Morgan fingerprint density at radius 2 is 2.08 bits per heavy atom. The lowest BCUT2D eigenvalue weighted by Gasteiger charge is -2.37. The normalized spacial score (nSPS) is 22.5. The van der Waals surface area contributed by atoms with Gasteiger partial charge >= 0.3 is 0 Å². The molecule has 0 amide bonds. The molecule has 1 heterocycles. The van der Waals surface area contributed by atoms with Crippen LogP contribution in [0.2, 0.25) is 0 Å². The molecule has 1 N–H and O–H groups in total. The zero-order chi connectivity index (χ0) is 9.73. The molecule has 0 atom stereocenters. The molecule has 1 aliphatic rings. The van der Waals surface area contributed by atoms with Crippen LogP contribution in [0.3, 0.4) is 0 Å². The molecule has 1 fully saturated rings. The summed E-state index contributed by atoms with van der Waals surface area (Å²) in [7, 11) is 0. The highest BCUT2D eigenvalue weighted by Gasteiger charge is 2.28. The van der Waals surface area contributed by atoms with Gasteiger partial charge in [0.2, 0.25) is 0 Å². The Morgan fingerprint density at radius 1 is 1.46 bits per heavy atom. The van der Waals surface area contributed by atoms with Crippen LogP contribution in [-0.2, 0) is 0 Å². The minimum atomic E-state index is 0.159. The zero-order valence-electron chi connectivity index (χ0n) is 8.42. The first kappa shape index (κ1) is 10.6. The van der Waals surface area contributed by atoms with Crippen molar-refractivity contribution in [1.82, 2.24) is 4.90 Å². The van der Waals surface area contributed by atoms with Gasteiger partial charge in [0.1, 0.15) is 0 Å². The van der Waals surface area contributed by atoms with Gasteiger partial charge in [-0.3, -0.25) is 0 Å². The highest BCUT2D eigenvalue weighted by molar-refractivity contribution is 4.87. The van der Waals surface area contributed by atoms with E-state index in [4.69, 9.17) is 11.5 Å². The van der Waals surface area contributed by atoms with Gasteiger partial charge in [0, 0.05) is 19.6 Å². The maximum Gasteiger partial charge on any atom is 0.0485 e. The summed E-state index contributed by atoms with van der Waals surface area (Å²) in [6.07, 6.45) is 8.23. The van der Waals surface area contributed by atoms with Crippen molar-refractivity contribution in [3.8, 4) is 12.3 Å². The second-order valence-electron chi connectivity index (χ2n) is 4.26. The minimum absolute atomic E-state index is 0.159. The van der Waals surface area contributed by atoms with Crippen molar-refractivity contribution in [2.24, 2.45) is 5.41 Å². The topological polar surface area (TPSA) is 23.5 Å². The summed E-state index contributed by atoms with van der Waals surface area (Å²) in [5, 5.41) is 9.16. The third-order valence-electron chi connectivity index (χ3n) is 3.02. The van der Waals surface area contributed by atoms with Gasteiger partial charge in [-0.1, -0.05) is 6.92 Å². The monoisotopic (exact) mass is 181 g/mol. The predicted octanol–water partition coefficient (Wildman–Crippen LogP) is 1.10. The fourth-order valence-corrected chi connectivity index (χ4v) is 1.70. The molecule has 1 aliphatic heterocycles. The van der Waals surface area contributed by atoms with E-state index in [9.17, 15) is 0 Å². The average molecular weight is 181 g/mol. The molecule has 0 bridgehead atoms. The van der Waals surface area contributed by atoms with Crippen molar-refractivity contribution < 1.29 is 5.11 Å². The number of likely N-dealkylation sites (tertiary alicyclic amines) is 1. The van der Waals surface area contributed by atoms with E-state index in [1.807, 2.05) is 0 Å². The third-order valence-corrected chi connectivity index (χ3v) is 3.02. The number of nitrogens with zero attached hydrogens (tertiary/aromatic N) is 1. The van der Waals surface area contributed by atoms with E-state index >= 15 is 0 Å². The van der Waals surface area contributed by atoms with Gasteiger partial charge in [0.25, 0.3) is 0 Å². The van der Waals surface area contributed by atoms with Crippen molar-refractivity contribution in [1.29, 1.82) is 0 Å². The Labute approximate surface area is 80.9 Å². The Hall–Kier alpha value is -0.520. The molecule has 13 heavy (non-hydrogen) atoms. The summed E-state index contributed by atoms with van der Waals surface area (Å²) in [6, 6.07) is 0. The number of piperidine rings is 1. The van der Waals surface area contributed by atoms with Gasteiger partial charge < -0.3 is 10.0 Å². The minimum Gasteiger partial charge on any atom is -0.396 e. The fraction of sp³-hybridized carbons (Fsp3) is 0.818. The Morgan fingerprint density at radius 3 is 2.54 bits per heavy atom. The molecular formula is C11H19NO. The van der Waals surface area contributed by atoms with Gasteiger partial charge in [-0.2, -0.15) is 0 Å². The first-order valence-electron chi connectivity index (χ1n) is 4.97. The van der Waals surface area contributed by atoms with Crippen LogP contribution < -0.4 is 0 Å². The van der Waals surface area contributed by atoms with Crippen LogP contribution in [0.25, 0.3) is 0 Å².